The van der Waals surface area contributed by atoms with Gasteiger partial charge in [0.15, 0.2) is 0 Å². The Balaban J connectivity index is 2.85. The second-order valence-corrected chi connectivity index (χ2v) is 4.56. The number of hydrogen-bond donors (Lipinski definition) is 0. The fourth-order valence-corrected chi connectivity index (χ4v) is 1.53. The molecule has 86 valence electrons. The van der Waals surface area contributed by atoms with Gasteiger partial charge in [0.05, 0.1) is 0 Å². The molecule has 0 aromatic heterocycles. The van der Waals surface area contributed by atoms with E-state index in [1.165, 1.54) is 38.5 Å². The van der Waals surface area contributed by atoms with Gasteiger partial charge in [0.2, 0.25) is 0 Å². The first-order chi connectivity index (χ1) is 6.77. The van der Waals surface area contributed by atoms with Crippen LogP contribution in [0.5, 0.6) is 0 Å². The van der Waals surface area contributed by atoms with Crippen LogP contribution in [0.3, 0.4) is 0 Å². The lowest BCUT2D eigenvalue weighted by atomic mass is 10.0. The molecule has 0 rings (SSSR count). The third-order valence-electron chi connectivity index (χ3n) is 2.42. The molecule has 0 saturated carbocycles. The quantitative estimate of drug-likeness (QED) is 0.475. The van der Waals surface area contributed by atoms with Crippen molar-refractivity contribution in [1.82, 2.24) is 0 Å². The van der Waals surface area contributed by atoms with Crippen molar-refractivity contribution in [1.29, 1.82) is 0 Å². The van der Waals surface area contributed by atoms with Crippen LogP contribution in [0.1, 0.15) is 65.7 Å². The van der Waals surface area contributed by atoms with Crippen molar-refractivity contribution in [2.75, 3.05) is 13.2 Å². The van der Waals surface area contributed by atoms with Crippen molar-refractivity contribution in [3.05, 3.63) is 0 Å². The summed E-state index contributed by atoms with van der Waals surface area (Å²) in [5.41, 5.74) is 0. The van der Waals surface area contributed by atoms with Crippen LogP contribution >= 0.6 is 0 Å². The number of hydrogen-bond acceptors (Lipinski definition) is 1. The molecule has 0 aliphatic rings. The molecule has 0 N–H and O–H groups in total. The summed E-state index contributed by atoms with van der Waals surface area (Å²) in [5, 5.41) is 0. The van der Waals surface area contributed by atoms with Crippen molar-refractivity contribution in [2.24, 2.45) is 5.92 Å². The summed E-state index contributed by atoms with van der Waals surface area (Å²) >= 11 is 0. The summed E-state index contributed by atoms with van der Waals surface area (Å²) < 4.78 is 5.43. The minimum absolute atomic E-state index is 0.878. The summed E-state index contributed by atoms with van der Waals surface area (Å²) in [5.74, 6) is 0.878. The molecule has 0 fully saturated rings. The van der Waals surface area contributed by atoms with Crippen LogP contribution in [0.4, 0.5) is 0 Å². The lowest BCUT2D eigenvalue weighted by molar-refractivity contribution is 0.130. The first kappa shape index (κ1) is 14.0. The van der Waals surface area contributed by atoms with E-state index in [-0.39, 0.29) is 0 Å². The fraction of sp³-hybridized carbons (Fsp3) is 1.00. The molecule has 0 heterocycles. The normalized spacial score (nSPS) is 11.1. The minimum atomic E-state index is 0.878. The number of rotatable bonds is 10. The van der Waals surface area contributed by atoms with E-state index in [4.69, 9.17) is 4.74 Å². The minimum Gasteiger partial charge on any atom is -0.381 e. The van der Waals surface area contributed by atoms with E-state index >= 15 is 0 Å². The third-order valence-corrected chi connectivity index (χ3v) is 2.42. The Hall–Kier alpha value is -0.0400. The lowest BCUT2D eigenvalue weighted by Crippen LogP contribution is -1.95. The van der Waals surface area contributed by atoms with Crippen LogP contribution in [0.15, 0.2) is 0 Å². The molecule has 0 saturated heterocycles. The lowest BCUT2D eigenvalue weighted by Gasteiger charge is -2.04. The van der Waals surface area contributed by atoms with E-state index in [1.54, 1.807) is 0 Å². The van der Waals surface area contributed by atoms with Gasteiger partial charge in [-0.15, -0.1) is 0 Å². The van der Waals surface area contributed by atoms with E-state index in [0.717, 1.165) is 25.6 Å². The average Bonchev–Trinajstić information content (AvgIpc) is 2.15. The predicted molar refractivity (Wildman–Crippen MR) is 63.7 cm³/mol. The maximum atomic E-state index is 5.43. The highest BCUT2D eigenvalue weighted by atomic mass is 16.5. The maximum absolute atomic E-state index is 5.43. The monoisotopic (exact) mass is 200 g/mol. The molecule has 0 aliphatic heterocycles. The van der Waals surface area contributed by atoms with Gasteiger partial charge in [0, 0.05) is 13.2 Å². The number of unbranched alkanes of at least 4 members (excludes halogenated alkanes) is 4. The molecule has 0 atom stereocenters. The van der Waals surface area contributed by atoms with Crippen molar-refractivity contribution in [3.63, 3.8) is 0 Å². The summed E-state index contributed by atoms with van der Waals surface area (Å²) in [7, 11) is 0. The SMILES string of the molecule is CCCOCCCCCCCC(C)C. The first-order valence-electron chi connectivity index (χ1n) is 6.35. The fourth-order valence-electron chi connectivity index (χ4n) is 1.53. The van der Waals surface area contributed by atoms with Crippen LogP contribution < -0.4 is 0 Å². The van der Waals surface area contributed by atoms with Crippen LogP contribution in [0, 0.1) is 5.92 Å². The standard InChI is InChI=1S/C13H28O/c1-4-11-14-12-9-7-5-6-8-10-13(2)3/h13H,4-12H2,1-3H3. The Morgan fingerprint density at radius 1 is 0.857 bits per heavy atom. The van der Waals surface area contributed by atoms with Gasteiger partial charge in [-0.1, -0.05) is 52.9 Å². The topological polar surface area (TPSA) is 9.23 Å². The van der Waals surface area contributed by atoms with E-state index < -0.39 is 0 Å². The van der Waals surface area contributed by atoms with Gasteiger partial charge >= 0.3 is 0 Å². The van der Waals surface area contributed by atoms with Gasteiger partial charge in [-0.2, -0.15) is 0 Å². The zero-order valence-corrected chi connectivity index (χ0v) is 10.3. The van der Waals surface area contributed by atoms with Crippen LogP contribution in [-0.2, 0) is 4.74 Å². The Bertz CT molecular complexity index is 99.4. The highest BCUT2D eigenvalue weighted by Gasteiger charge is 1.94. The molecule has 14 heavy (non-hydrogen) atoms. The van der Waals surface area contributed by atoms with Gasteiger partial charge in [-0.25, -0.2) is 0 Å². The highest BCUT2D eigenvalue weighted by molar-refractivity contribution is 4.48. The molecule has 0 bridgehead atoms. The summed E-state index contributed by atoms with van der Waals surface area (Å²) in [4.78, 5) is 0. The molecule has 0 aromatic rings. The molecule has 0 aromatic carbocycles. The Morgan fingerprint density at radius 2 is 1.50 bits per heavy atom. The van der Waals surface area contributed by atoms with E-state index in [2.05, 4.69) is 20.8 Å². The van der Waals surface area contributed by atoms with Crippen molar-refractivity contribution < 1.29 is 4.74 Å². The molecular formula is C13H28O. The van der Waals surface area contributed by atoms with Crippen molar-refractivity contribution in [2.45, 2.75) is 65.7 Å². The highest BCUT2D eigenvalue weighted by Crippen LogP contribution is 2.10. The third kappa shape index (κ3) is 12.0. The van der Waals surface area contributed by atoms with E-state index in [9.17, 15) is 0 Å². The Labute approximate surface area is 90.2 Å². The largest absolute Gasteiger partial charge is 0.381 e. The van der Waals surface area contributed by atoms with Gasteiger partial charge in [0.25, 0.3) is 0 Å². The second-order valence-electron chi connectivity index (χ2n) is 4.56. The molecule has 0 spiro atoms. The van der Waals surface area contributed by atoms with Gasteiger partial charge < -0.3 is 4.74 Å². The second kappa shape index (κ2) is 11.0. The number of ether oxygens (including phenoxy) is 1. The first-order valence-corrected chi connectivity index (χ1v) is 6.35. The zero-order chi connectivity index (χ0) is 10.6. The Kier molecular flexibility index (Phi) is 11.0. The van der Waals surface area contributed by atoms with Crippen molar-refractivity contribution >= 4 is 0 Å². The molecule has 0 radical (unpaired) electrons. The molecule has 1 nitrogen and oxygen atoms in total. The summed E-state index contributed by atoms with van der Waals surface area (Å²) in [6.07, 6.45) is 9.35. The summed E-state index contributed by atoms with van der Waals surface area (Å²) in [6, 6.07) is 0. The zero-order valence-electron chi connectivity index (χ0n) is 10.3. The van der Waals surface area contributed by atoms with Crippen LogP contribution in [0.25, 0.3) is 0 Å². The van der Waals surface area contributed by atoms with Crippen LogP contribution in [-0.4, -0.2) is 13.2 Å². The summed E-state index contributed by atoms with van der Waals surface area (Å²) in [6.45, 7) is 8.68. The van der Waals surface area contributed by atoms with Crippen molar-refractivity contribution in [3.8, 4) is 0 Å². The molecule has 0 unspecified atom stereocenters. The molecule has 0 aliphatic carbocycles. The van der Waals surface area contributed by atoms with Gasteiger partial charge in [-0.05, 0) is 18.8 Å². The predicted octanol–water partition coefficient (Wildman–Crippen LogP) is 4.41. The van der Waals surface area contributed by atoms with Gasteiger partial charge in [-0.3, -0.25) is 0 Å². The maximum Gasteiger partial charge on any atom is 0.0466 e. The smallest absolute Gasteiger partial charge is 0.0466 e. The average molecular weight is 200 g/mol. The van der Waals surface area contributed by atoms with E-state index in [0.29, 0.717) is 0 Å². The Morgan fingerprint density at radius 3 is 2.14 bits per heavy atom. The van der Waals surface area contributed by atoms with E-state index in [1.807, 2.05) is 0 Å². The van der Waals surface area contributed by atoms with Gasteiger partial charge in [0.1, 0.15) is 0 Å². The molecule has 1 heteroatoms. The molecular weight excluding hydrogens is 172 g/mol. The van der Waals surface area contributed by atoms with Crippen LogP contribution in [0.2, 0.25) is 0 Å². The molecule has 0 amide bonds.